The third-order valence-electron chi connectivity index (χ3n) is 3.66. The third kappa shape index (κ3) is 3.53. The van der Waals surface area contributed by atoms with Gasteiger partial charge in [0.2, 0.25) is 0 Å². The minimum Gasteiger partial charge on any atom is -0.327 e. The van der Waals surface area contributed by atoms with Gasteiger partial charge in [-0.3, -0.25) is 9.88 Å². The Kier molecular flexibility index (Phi) is 5.18. The van der Waals surface area contributed by atoms with Crippen LogP contribution in [0.2, 0.25) is 0 Å². The molecule has 1 aromatic rings. The number of rotatable bonds is 3. The van der Waals surface area contributed by atoms with Crippen LogP contribution in [-0.2, 0) is 6.54 Å². The second-order valence-electron chi connectivity index (χ2n) is 4.94. The lowest BCUT2D eigenvalue weighted by molar-refractivity contribution is 0.144. The summed E-state index contributed by atoms with van der Waals surface area (Å²) in [6.45, 7) is 5.28. The molecule has 1 aromatic heterocycles. The van der Waals surface area contributed by atoms with Gasteiger partial charge >= 0.3 is 0 Å². The van der Waals surface area contributed by atoms with E-state index in [0.717, 1.165) is 47.1 Å². The van der Waals surface area contributed by atoms with Crippen molar-refractivity contribution < 1.29 is 0 Å². The smallest absolute Gasteiger partial charge is 0.0686 e. The molecular formula is C13H19Br2N3. The molecule has 0 bridgehead atoms. The fourth-order valence-electron chi connectivity index (χ4n) is 2.47. The summed E-state index contributed by atoms with van der Waals surface area (Å²) in [4.78, 5) is 6.93. The Labute approximate surface area is 125 Å². The molecule has 3 nitrogen and oxygen atoms in total. The van der Waals surface area contributed by atoms with E-state index in [1.54, 1.807) is 0 Å². The number of nitrogens with two attached hydrogens (primary N) is 1. The van der Waals surface area contributed by atoms with Gasteiger partial charge in [-0.1, -0.05) is 13.3 Å². The van der Waals surface area contributed by atoms with Crippen molar-refractivity contribution in [2.75, 3.05) is 13.1 Å². The van der Waals surface area contributed by atoms with E-state index >= 15 is 0 Å². The van der Waals surface area contributed by atoms with Gasteiger partial charge < -0.3 is 5.73 Å². The van der Waals surface area contributed by atoms with Crippen molar-refractivity contribution in [3.8, 4) is 0 Å². The normalized spacial score (nSPS) is 25.3. The second kappa shape index (κ2) is 6.46. The molecule has 1 fully saturated rings. The molecule has 0 saturated carbocycles. The van der Waals surface area contributed by atoms with Crippen LogP contribution < -0.4 is 5.73 Å². The van der Waals surface area contributed by atoms with Gasteiger partial charge in [-0.25, -0.2) is 0 Å². The van der Waals surface area contributed by atoms with E-state index in [4.69, 9.17) is 5.73 Å². The van der Waals surface area contributed by atoms with Crippen molar-refractivity contribution in [1.82, 2.24) is 9.88 Å². The van der Waals surface area contributed by atoms with E-state index in [1.165, 1.54) is 0 Å². The molecule has 18 heavy (non-hydrogen) atoms. The van der Waals surface area contributed by atoms with E-state index in [1.807, 2.05) is 6.20 Å². The SMILES string of the molecule is CCC1CN(Cc2ncc(Br)cc2Br)CCC1N. The molecule has 2 atom stereocenters. The van der Waals surface area contributed by atoms with Crippen LogP contribution >= 0.6 is 31.9 Å². The summed E-state index contributed by atoms with van der Waals surface area (Å²) < 4.78 is 2.07. The van der Waals surface area contributed by atoms with Crippen LogP contribution in [0.3, 0.4) is 0 Å². The maximum absolute atomic E-state index is 6.14. The van der Waals surface area contributed by atoms with Crippen LogP contribution in [0.1, 0.15) is 25.5 Å². The Hall–Kier alpha value is 0.0300. The molecule has 2 unspecified atom stereocenters. The predicted molar refractivity (Wildman–Crippen MR) is 81.3 cm³/mol. The van der Waals surface area contributed by atoms with E-state index in [0.29, 0.717) is 12.0 Å². The van der Waals surface area contributed by atoms with Crippen molar-refractivity contribution in [3.63, 3.8) is 0 Å². The van der Waals surface area contributed by atoms with Gasteiger partial charge in [-0.15, -0.1) is 0 Å². The van der Waals surface area contributed by atoms with Crippen molar-refractivity contribution >= 4 is 31.9 Å². The molecular weight excluding hydrogens is 358 g/mol. The molecule has 1 aliphatic rings. The first-order valence-electron chi connectivity index (χ1n) is 6.38. The fraction of sp³-hybridized carbons (Fsp3) is 0.615. The highest BCUT2D eigenvalue weighted by molar-refractivity contribution is 9.11. The number of aromatic nitrogens is 1. The highest BCUT2D eigenvalue weighted by Crippen LogP contribution is 2.24. The van der Waals surface area contributed by atoms with E-state index in [9.17, 15) is 0 Å². The highest BCUT2D eigenvalue weighted by atomic mass is 79.9. The lowest BCUT2D eigenvalue weighted by atomic mass is 9.90. The monoisotopic (exact) mass is 375 g/mol. The summed E-state index contributed by atoms with van der Waals surface area (Å²) in [6, 6.07) is 2.42. The quantitative estimate of drug-likeness (QED) is 0.880. The van der Waals surface area contributed by atoms with Gasteiger partial charge in [0, 0.05) is 40.8 Å². The van der Waals surface area contributed by atoms with Crippen LogP contribution in [0.5, 0.6) is 0 Å². The van der Waals surface area contributed by atoms with Crippen LogP contribution in [0.15, 0.2) is 21.2 Å². The van der Waals surface area contributed by atoms with Crippen LogP contribution in [0.4, 0.5) is 0 Å². The Balaban J connectivity index is 2.01. The van der Waals surface area contributed by atoms with Crippen molar-refractivity contribution in [2.45, 2.75) is 32.4 Å². The van der Waals surface area contributed by atoms with Crippen LogP contribution in [0, 0.1) is 5.92 Å². The predicted octanol–water partition coefficient (Wildman–Crippen LogP) is 3.17. The average Bonchev–Trinajstić information content (AvgIpc) is 2.35. The van der Waals surface area contributed by atoms with Gasteiger partial charge in [0.25, 0.3) is 0 Å². The van der Waals surface area contributed by atoms with Crippen molar-refractivity contribution in [2.24, 2.45) is 11.7 Å². The van der Waals surface area contributed by atoms with Gasteiger partial charge in [0.15, 0.2) is 0 Å². The second-order valence-corrected chi connectivity index (χ2v) is 6.71. The molecule has 0 aromatic carbocycles. The molecule has 0 aliphatic carbocycles. The zero-order valence-electron chi connectivity index (χ0n) is 10.6. The van der Waals surface area contributed by atoms with Gasteiger partial charge in [0.1, 0.15) is 0 Å². The summed E-state index contributed by atoms with van der Waals surface area (Å²) in [7, 11) is 0. The molecule has 2 heterocycles. The number of likely N-dealkylation sites (tertiary alicyclic amines) is 1. The maximum Gasteiger partial charge on any atom is 0.0686 e. The number of halogens is 2. The van der Waals surface area contributed by atoms with Gasteiger partial charge in [0.05, 0.1) is 5.69 Å². The lowest BCUT2D eigenvalue weighted by Gasteiger charge is -2.36. The van der Waals surface area contributed by atoms with Crippen molar-refractivity contribution in [3.05, 3.63) is 26.9 Å². The Morgan fingerprint density at radius 2 is 2.28 bits per heavy atom. The van der Waals surface area contributed by atoms with E-state index < -0.39 is 0 Å². The maximum atomic E-state index is 6.14. The molecule has 2 rings (SSSR count). The van der Waals surface area contributed by atoms with Gasteiger partial charge in [-0.2, -0.15) is 0 Å². The minimum atomic E-state index is 0.368. The lowest BCUT2D eigenvalue weighted by Crippen LogP contribution is -2.46. The van der Waals surface area contributed by atoms with E-state index in [2.05, 4.69) is 54.7 Å². The molecule has 1 aliphatic heterocycles. The Morgan fingerprint density at radius 1 is 1.50 bits per heavy atom. The Morgan fingerprint density at radius 3 is 2.94 bits per heavy atom. The first-order chi connectivity index (χ1) is 8.60. The summed E-state index contributed by atoms with van der Waals surface area (Å²) in [5.41, 5.74) is 7.24. The molecule has 100 valence electrons. The number of hydrogen-bond donors (Lipinski definition) is 1. The number of nitrogens with zero attached hydrogens (tertiary/aromatic N) is 2. The highest BCUT2D eigenvalue weighted by Gasteiger charge is 2.25. The molecule has 1 saturated heterocycles. The molecule has 2 N–H and O–H groups in total. The summed E-state index contributed by atoms with van der Waals surface area (Å²) in [6.07, 6.45) is 4.10. The van der Waals surface area contributed by atoms with Crippen LogP contribution in [-0.4, -0.2) is 29.0 Å². The molecule has 0 amide bonds. The first-order valence-corrected chi connectivity index (χ1v) is 7.96. The summed E-state index contributed by atoms with van der Waals surface area (Å²) in [5, 5.41) is 0. The van der Waals surface area contributed by atoms with Crippen LogP contribution in [0.25, 0.3) is 0 Å². The average molecular weight is 377 g/mol. The molecule has 0 radical (unpaired) electrons. The fourth-order valence-corrected chi connectivity index (χ4v) is 3.59. The van der Waals surface area contributed by atoms with E-state index in [-0.39, 0.29) is 0 Å². The number of pyridine rings is 1. The summed E-state index contributed by atoms with van der Waals surface area (Å²) >= 11 is 7.00. The van der Waals surface area contributed by atoms with Crippen molar-refractivity contribution in [1.29, 1.82) is 0 Å². The summed E-state index contributed by atoms with van der Waals surface area (Å²) in [5.74, 6) is 0.618. The zero-order chi connectivity index (χ0) is 13.1. The molecule has 0 spiro atoms. The minimum absolute atomic E-state index is 0.368. The molecule has 5 heteroatoms. The Bertz CT molecular complexity index is 411. The largest absolute Gasteiger partial charge is 0.327 e. The topological polar surface area (TPSA) is 42.2 Å². The number of piperidine rings is 1. The first kappa shape index (κ1) is 14.4. The third-order valence-corrected chi connectivity index (χ3v) is 4.78. The number of hydrogen-bond acceptors (Lipinski definition) is 3. The standard InChI is InChI=1S/C13H19Br2N3/c1-2-9-7-18(4-3-12(9)16)8-13-11(15)5-10(14)6-17-13/h5-6,9,12H,2-4,7-8,16H2,1H3. The van der Waals surface area contributed by atoms with Gasteiger partial charge in [-0.05, 0) is 50.3 Å². The zero-order valence-corrected chi connectivity index (χ0v) is 13.7.